The standard InChI is InChI=1S/C16H34O4S.Na/c1-3-5-6-8-12-15(17)13-9-7-10-14-16(11-4-2)21(18,19)20;/h15-17H,3-14H2,1-2H3,(H,18,19,20);/q;+1/p-1. The summed E-state index contributed by atoms with van der Waals surface area (Å²) in [6.07, 6.45) is 10.4. The summed E-state index contributed by atoms with van der Waals surface area (Å²) in [6, 6.07) is 0. The molecule has 0 saturated carbocycles. The molecule has 22 heavy (non-hydrogen) atoms. The maximum absolute atomic E-state index is 11.1. The molecule has 0 bridgehead atoms. The van der Waals surface area contributed by atoms with Gasteiger partial charge in [0.15, 0.2) is 0 Å². The number of unbranched alkanes of at least 4 members (excludes halogenated alkanes) is 5. The van der Waals surface area contributed by atoms with E-state index in [-0.39, 0.29) is 35.7 Å². The van der Waals surface area contributed by atoms with E-state index in [1.54, 1.807) is 0 Å². The molecule has 0 fully saturated rings. The smallest absolute Gasteiger partial charge is 0.748 e. The van der Waals surface area contributed by atoms with Crippen LogP contribution in [0.3, 0.4) is 0 Å². The number of hydrogen-bond acceptors (Lipinski definition) is 4. The van der Waals surface area contributed by atoms with E-state index in [1.165, 1.54) is 19.3 Å². The van der Waals surface area contributed by atoms with Gasteiger partial charge in [-0.1, -0.05) is 65.2 Å². The predicted molar refractivity (Wildman–Crippen MR) is 86.2 cm³/mol. The van der Waals surface area contributed by atoms with Crippen molar-refractivity contribution >= 4 is 10.1 Å². The van der Waals surface area contributed by atoms with E-state index < -0.39 is 15.4 Å². The van der Waals surface area contributed by atoms with Crippen LogP contribution >= 0.6 is 0 Å². The Kier molecular flexibility index (Phi) is 17.6. The van der Waals surface area contributed by atoms with Crippen LogP contribution in [-0.4, -0.2) is 29.4 Å². The molecule has 0 saturated heterocycles. The van der Waals surface area contributed by atoms with Crippen molar-refractivity contribution in [3.63, 3.8) is 0 Å². The molecule has 4 nitrogen and oxygen atoms in total. The van der Waals surface area contributed by atoms with E-state index in [2.05, 4.69) is 6.92 Å². The minimum absolute atomic E-state index is 0. The number of aliphatic hydroxyl groups excluding tert-OH is 1. The van der Waals surface area contributed by atoms with Crippen LogP contribution < -0.4 is 29.6 Å². The van der Waals surface area contributed by atoms with E-state index in [9.17, 15) is 18.1 Å². The van der Waals surface area contributed by atoms with Gasteiger partial charge in [-0.3, -0.25) is 0 Å². The van der Waals surface area contributed by atoms with Crippen molar-refractivity contribution in [2.24, 2.45) is 0 Å². The Hall–Kier alpha value is 0.870. The van der Waals surface area contributed by atoms with E-state index >= 15 is 0 Å². The molecule has 0 aromatic heterocycles. The molecular weight excluding hydrogens is 311 g/mol. The summed E-state index contributed by atoms with van der Waals surface area (Å²) in [4.78, 5) is 0. The molecule has 0 spiro atoms. The third-order valence-corrected chi connectivity index (χ3v) is 5.26. The first-order valence-electron chi connectivity index (χ1n) is 8.54. The SMILES string of the molecule is CCCCCCC(O)CCCCCC(CCC)S(=O)(=O)[O-].[Na+]. The first-order valence-corrected chi connectivity index (χ1v) is 10.0. The van der Waals surface area contributed by atoms with Crippen molar-refractivity contribution in [2.45, 2.75) is 102 Å². The molecule has 0 heterocycles. The van der Waals surface area contributed by atoms with Crippen LogP contribution in [0.2, 0.25) is 0 Å². The van der Waals surface area contributed by atoms with Crippen LogP contribution in [0, 0.1) is 0 Å². The van der Waals surface area contributed by atoms with Gasteiger partial charge in [-0.2, -0.15) is 0 Å². The Morgan fingerprint density at radius 1 is 0.818 bits per heavy atom. The zero-order chi connectivity index (χ0) is 16.1. The zero-order valence-corrected chi connectivity index (χ0v) is 17.5. The third kappa shape index (κ3) is 14.5. The van der Waals surface area contributed by atoms with Crippen molar-refractivity contribution in [1.82, 2.24) is 0 Å². The first-order chi connectivity index (χ1) is 9.91. The molecule has 0 amide bonds. The molecule has 1 N–H and O–H groups in total. The third-order valence-electron chi connectivity index (χ3n) is 3.97. The molecule has 0 aromatic rings. The molecule has 6 heteroatoms. The summed E-state index contributed by atoms with van der Waals surface area (Å²) in [6.45, 7) is 4.07. The molecule has 128 valence electrons. The quantitative estimate of drug-likeness (QED) is 0.290. The van der Waals surface area contributed by atoms with Gasteiger partial charge in [-0.05, 0) is 25.7 Å². The number of hydrogen-bond donors (Lipinski definition) is 1. The zero-order valence-electron chi connectivity index (χ0n) is 14.7. The van der Waals surface area contributed by atoms with Gasteiger partial charge in [0.2, 0.25) is 0 Å². The van der Waals surface area contributed by atoms with E-state index in [0.29, 0.717) is 12.8 Å². The normalized spacial score (nSPS) is 14.4. The summed E-state index contributed by atoms with van der Waals surface area (Å²) >= 11 is 0. The number of aliphatic hydroxyl groups is 1. The fraction of sp³-hybridized carbons (Fsp3) is 1.00. The van der Waals surface area contributed by atoms with E-state index in [0.717, 1.165) is 44.9 Å². The van der Waals surface area contributed by atoms with Crippen molar-refractivity contribution in [2.75, 3.05) is 0 Å². The summed E-state index contributed by atoms with van der Waals surface area (Å²) < 4.78 is 33.2. The Morgan fingerprint density at radius 2 is 1.32 bits per heavy atom. The second-order valence-electron chi connectivity index (χ2n) is 6.04. The Bertz CT molecular complexity index is 333. The second-order valence-corrected chi connectivity index (χ2v) is 7.70. The second kappa shape index (κ2) is 15.4. The van der Waals surface area contributed by atoms with Crippen LogP contribution in [-0.2, 0) is 10.1 Å². The summed E-state index contributed by atoms with van der Waals surface area (Å²) in [5, 5.41) is 9.10. The van der Waals surface area contributed by atoms with Gasteiger partial charge in [0.1, 0.15) is 0 Å². The largest absolute Gasteiger partial charge is 1.00 e. The van der Waals surface area contributed by atoms with Crippen LogP contribution in [0.5, 0.6) is 0 Å². The average molecular weight is 344 g/mol. The molecular formula is C16H33NaO4S. The monoisotopic (exact) mass is 344 g/mol. The molecule has 2 unspecified atom stereocenters. The van der Waals surface area contributed by atoms with Gasteiger partial charge < -0.3 is 9.66 Å². The van der Waals surface area contributed by atoms with Crippen molar-refractivity contribution in [1.29, 1.82) is 0 Å². The van der Waals surface area contributed by atoms with Gasteiger partial charge in [0, 0.05) is 5.25 Å². The van der Waals surface area contributed by atoms with Gasteiger partial charge in [-0.15, -0.1) is 0 Å². The van der Waals surface area contributed by atoms with Gasteiger partial charge in [-0.25, -0.2) is 8.42 Å². The topological polar surface area (TPSA) is 77.4 Å². The van der Waals surface area contributed by atoms with Crippen molar-refractivity contribution in [3.8, 4) is 0 Å². The minimum Gasteiger partial charge on any atom is -0.748 e. The van der Waals surface area contributed by atoms with Gasteiger partial charge >= 0.3 is 29.6 Å². The molecule has 2 atom stereocenters. The first kappa shape index (κ1) is 25.1. The molecule has 0 radical (unpaired) electrons. The van der Waals surface area contributed by atoms with Crippen LogP contribution in [0.1, 0.15) is 90.9 Å². The molecule has 0 aliphatic carbocycles. The molecule has 0 rings (SSSR count). The molecule has 0 aromatic carbocycles. The fourth-order valence-electron chi connectivity index (χ4n) is 2.63. The minimum atomic E-state index is -4.15. The Balaban J connectivity index is 0. The maximum atomic E-state index is 11.1. The van der Waals surface area contributed by atoms with E-state index in [1.807, 2.05) is 6.92 Å². The summed E-state index contributed by atoms with van der Waals surface area (Å²) in [5.41, 5.74) is 0. The van der Waals surface area contributed by atoms with Crippen LogP contribution in [0.15, 0.2) is 0 Å². The molecule has 0 aliphatic rings. The van der Waals surface area contributed by atoms with E-state index in [4.69, 9.17) is 0 Å². The van der Waals surface area contributed by atoms with Gasteiger partial charge in [0.25, 0.3) is 0 Å². The predicted octanol–water partition coefficient (Wildman–Crippen LogP) is 0.986. The summed E-state index contributed by atoms with van der Waals surface area (Å²) in [5.74, 6) is 0. The van der Waals surface area contributed by atoms with Gasteiger partial charge in [0.05, 0.1) is 16.2 Å². The molecule has 0 aliphatic heterocycles. The Morgan fingerprint density at radius 3 is 1.77 bits per heavy atom. The summed E-state index contributed by atoms with van der Waals surface area (Å²) in [7, 11) is -4.15. The van der Waals surface area contributed by atoms with Crippen LogP contribution in [0.25, 0.3) is 0 Å². The Labute approximate surface area is 159 Å². The van der Waals surface area contributed by atoms with Crippen LogP contribution in [0.4, 0.5) is 0 Å². The van der Waals surface area contributed by atoms with Crippen molar-refractivity contribution < 1.29 is 47.6 Å². The maximum Gasteiger partial charge on any atom is 1.00 e. The number of rotatable bonds is 14. The van der Waals surface area contributed by atoms with Crippen molar-refractivity contribution in [3.05, 3.63) is 0 Å². The average Bonchev–Trinajstić information content (AvgIpc) is 2.41. The fourth-order valence-corrected chi connectivity index (χ4v) is 3.61.